The summed E-state index contributed by atoms with van der Waals surface area (Å²) in [5.74, 6) is 3.45. The van der Waals surface area contributed by atoms with Crippen molar-refractivity contribution in [1.29, 1.82) is 0 Å². The Kier molecular flexibility index (Phi) is 10.4. The minimum Gasteiger partial charge on any atom is -0.357 e. The van der Waals surface area contributed by atoms with E-state index >= 15 is 0 Å². The molecule has 26 heavy (non-hydrogen) atoms. The Morgan fingerprint density at radius 1 is 1.19 bits per heavy atom. The Balaban J connectivity index is 0.00000338. The topological polar surface area (TPSA) is 69.8 Å². The number of piperazine rings is 1. The van der Waals surface area contributed by atoms with E-state index in [1.54, 1.807) is 0 Å². The zero-order valence-electron chi connectivity index (χ0n) is 16.9. The highest BCUT2D eigenvalue weighted by atomic mass is 127. The highest BCUT2D eigenvalue weighted by Gasteiger charge is 2.20. The van der Waals surface area contributed by atoms with Crippen LogP contribution in [0.4, 0.5) is 0 Å². The summed E-state index contributed by atoms with van der Waals surface area (Å²) in [7, 11) is 0. The molecule has 0 bridgehead atoms. The van der Waals surface area contributed by atoms with Crippen LogP contribution in [-0.2, 0) is 6.42 Å². The van der Waals surface area contributed by atoms with Crippen molar-refractivity contribution in [3.8, 4) is 0 Å². The molecule has 0 saturated carbocycles. The molecule has 1 aliphatic rings. The number of rotatable bonds is 7. The zero-order valence-corrected chi connectivity index (χ0v) is 19.2. The molecule has 1 fully saturated rings. The number of aromatic nitrogens is 2. The largest absolute Gasteiger partial charge is 0.357 e. The average Bonchev–Trinajstić information content (AvgIpc) is 3.03. The first-order valence-electron chi connectivity index (χ1n) is 9.57. The van der Waals surface area contributed by atoms with Gasteiger partial charge in [-0.25, -0.2) is 0 Å². The lowest BCUT2D eigenvalue weighted by atomic mass is 10.2. The van der Waals surface area contributed by atoms with Crippen LogP contribution in [-0.4, -0.2) is 71.7 Å². The summed E-state index contributed by atoms with van der Waals surface area (Å²) in [6.07, 6.45) is 0.682. The zero-order chi connectivity index (χ0) is 18.2. The number of halogens is 1. The van der Waals surface area contributed by atoms with E-state index in [1.807, 2.05) is 0 Å². The van der Waals surface area contributed by atoms with Crippen LogP contribution in [0.2, 0.25) is 0 Å². The third-order valence-corrected chi connectivity index (χ3v) is 4.22. The lowest BCUT2D eigenvalue weighted by Crippen LogP contribution is -2.53. The molecule has 2 heterocycles. The van der Waals surface area contributed by atoms with Gasteiger partial charge < -0.3 is 14.7 Å². The molecule has 1 aromatic rings. The second-order valence-corrected chi connectivity index (χ2v) is 7.37. The number of guanidine groups is 1. The lowest BCUT2D eigenvalue weighted by molar-refractivity contribution is 0.164. The van der Waals surface area contributed by atoms with Crippen molar-refractivity contribution in [1.82, 2.24) is 25.3 Å². The van der Waals surface area contributed by atoms with Crippen LogP contribution in [0.15, 0.2) is 9.52 Å². The third kappa shape index (κ3) is 7.38. The predicted octanol–water partition coefficient (Wildman–Crippen LogP) is 2.59. The predicted molar refractivity (Wildman–Crippen MR) is 116 cm³/mol. The highest BCUT2D eigenvalue weighted by Crippen LogP contribution is 2.10. The van der Waals surface area contributed by atoms with Crippen molar-refractivity contribution in [3.63, 3.8) is 0 Å². The number of hydrogen-bond acceptors (Lipinski definition) is 5. The Morgan fingerprint density at radius 3 is 2.42 bits per heavy atom. The fourth-order valence-electron chi connectivity index (χ4n) is 2.95. The van der Waals surface area contributed by atoms with E-state index in [9.17, 15) is 0 Å². The maximum Gasteiger partial charge on any atom is 0.228 e. The molecule has 1 aromatic heterocycles. The Bertz CT molecular complexity index is 538. The monoisotopic (exact) mass is 478 g/mol. The van der Waals surface area contributed by atoms with Gasteiger partial charge in [-0.15, -0.1) is 24.0 Å². The lowest BCUT2D eigenvalue weighted by Gasteiger charge is -2.37. The smallest absolute Gasteiger partial charge is 0.228 e. The van der Waals surface area contributed by atoms with E-state index in [1.165, 1.54) is 6.54 Å². The normalized spacial score (nSPS) is 16.3. The molecule has 1 N–H and O–H groups in total. The highest BCUT2D eigenvalue weighted by molar-refractivity contribution is 14.0. The maximum atomic E-state index is 5.29. The van der Waals surface area contributed by atoms with E-state index in [0.717, 1.165) is 50.4 Å². The van der Waals surface area contributed by atoms with Crippen LogP contribution < -0.4 is 5.32 Å². The molecular formula is C18H35IN6O. The molecule has 0 amide bonds. The van der Waals surface area contributed by atoms with Crippen LogP contribution in [0.5, 0.6) is 0 Å². The minimum absolute atomic E-state index is 0. The SMILES string of the molecule is CCNC(=NCCc1nc(C(C)C)no1)N1CCN(CC(C)C)CC1.I. The van der Waals surface area contributed by atoms with E-state index < -0.39 is 0 Å². The summed E-state index contributed by atoms with van der Waals surface area (Å²) in [6, 6.07) is 0. The van der Waals surface area contributed by atoms with E-state index in [0.29, 0.717) is 24.8 Å². The van der Waals surface area contributed by atoms with Gasteiger partial charge in [0.1, 0.15) is 0 Å². The first-order chi connectivity index (χ1) is 12.0. The minimum atomic E-state index is 0. The van der Waals surface area contributed by atoms with Gasteiger partial charge in [-0.2, -0.15) is 4.98 Å². The van der Waals surface area contributed by atoms with Gasteiger partial charge in [-0.1, -0.05) is 32.9 Å². The van der Waals surface area contributed by atoms with Gasteiger partial charge in [0.15, 0.2) is 11.8 Å². The molecule has 0 radical (unpaired) electrons. The van der Waals surface area contributed by atoms with Gasteiger partial charge in [0.2, 0.25) is 5.89 Å². The summed E-state index contributed by atoms with van der Waals surface area (Å²) >= 11 is 0. The fourth-order valence-corrected chi connectivity index (χ4v) is 2.95. The van der Waals surface area contributed by atoms with Crippen molar-refractivity contribution in [2.75, 3.05) is 45.8 Å². The number of aliphatic imine (C=N–C) groups is 1. The quantitative estimate of drug-likeness (QED) is 0.369. The average molecular weight is 478 g/mol. The Morgan fingerprint density at radius 2 is 1.88 bits per heavy atom. The van der Waals surface area contributed by atoms with Crippen LogP contribution in [0.25, 0.3) is 0 Å². The van der Waals surface area contributed by atoms with Crippen molar-refractivity contribution >= 4 is 29.9 Å². The standard InChI is InChI=1S/C18H34N6O.HI/c1-6-19-18(24-11-9-23(10-12-24)13-14(2)3)20-8-7-16-21-17(15(4)5)22-25-16;/h14-15H,6-13H2,1-5H3,(H,19,20);1H. The molecule has 150 valence electrons. The second kappa shape index (κ2) is 11.7. The van der Waals surface area contributed by atoms with E-state index in [2.05, 4.69) is 59.9 Å². The van der Waals surface area contributed by atoms with Gasteiger partial charge in [0, 0.05) is 51.6 Å². The molecule has 0 unspecified atom stereocenters. The molecule has 1 saturated heterocycles. The van der Waals surface area contributed by atoms with Gasteiger partial charge in [-0.05, 0) is 12.8 Å². The van der Waals surface area contributed by atoms with Crippen molar-refractivity contribution < 1.29 is 4.52 Å². The van der Waals surface area contributed by atoms with Crippen LogP contribution in [0.1, 0.15) is 52.3 Å². The first kappa shape index (κ1) is 23.1. The molecule has 8 heteroatoms. The van der Waals surface area contributed by atoms with Gasteiger partial charge >= 0.3 is 0 Å². The Labute approximate surface area is 175 Å². The summed E-state index contributed by atoms with van der Waals surface area (Å²) in [6.45, 7) is 17.8. The van der Waals surface area contributed by atoms with Crippen LogP contribution >= 0.6 is 24.0 Å². The van der Waals surface area contributed by atoms with Gasteiger partial charge in [-0.3, -0.25) is 9.89 Å². The van der Waals surface area contributed by atoms with Crippen molar-refractivity contribution in [2.45, 2.75) is 47.0 Å². The summed E-state index contributed by atoms with van der Waals surface area (Å²) in [5.41, 5.74) is 0. The molecule has 0 aliphatic carbocycles. The Hall–Kier alpha value is -0.900. The fraction of sp³-hybridized carbons (Fsp3) is 0.833. The number of nitrogens with one attached hydrogen (secondary N) is 1. The molecule has 2 rings (SSSR count). The summed E-state index contributed by atoms with van der Waals surface area (Å²) < 4.78 is 5.29. The van der Waals surface area contributed by atoms with Crippen LogP contribution in [0.3, 0.4) is 0 Å². The van der Waals surface area contributed by atoms with Crippen molar-refractivity contribution in [2.24, 2.45) is 10.9 Å². The summed E-state index contributed by atoms with van der Waals surface area (Å²) in [4.78, 5) is 14.1. The van der Waals surface area contributed by atoms with E-state index in [4.69, 9.17) is 9.52 Å². The first-order valence-corrected chi connectivity index (χ1v) is 9.57. The van der Waals surface area contributed by atoms with E-state index in [-0.39, 0.29) is 24.0 Å². The van der Waals surface area contributed by atoms with Gasteiger partial charge in [0.25, 0.3) is 0 Å². The van der Waals surface area contributed by atoms with Gasteiger partial charge in [0.05, 0.1) is 6.54 Å². The molecule has 1 aliphatic heterocycles. The summed E-state index contributed by atoms with van der Waals surface area (Å²) in [5, 5.41) is 7.41. The molecule has 0 atom stereocenters. The number of hydrogen-bond donors (Lipinski definition) is 1. The third-order valence-electron chi connectivity index (χ3n) is 4.22. The maximum absolute atomic E-state index is 5.29. The van der Waals surface area contributed by atoms with Crippen LogP contribution in [0, 0.1) is 5.92 Å². The molecular weight excluding hydrogens is 443 g/mol. The molecule has 0 aromatic carbocycles. The molecule has 7 nitrogen and oxygen atoms in total. The second-order valence-electron chi connectivity index (χ2n) is 7.37. The molecule has 0 spiro atoms. The number of nitrogens with zero attached hydrogens (tertiary/aromatic N) is 5. The van der Waals surface area contributed by atoms with Crippen molar-refractivity contribution in [3.05, 3.63) is 11.7 Å².